The molecule has 108 valence electrons. The van der Waals surface area contributed by atoms with Crippen molar-refractivity contribution < 1.29 is 4.74 Å². The molecule has 0 N–H and O–H groups in total. The minimum absolute atomic E-state index is 0.559. The average molecular weight is 271 g/mol. The van der Waals surface area contributed by atoms with Crippen LogP contribution < -0.4 is 4.74 Å². The van der Waals surface area contributed by atoms with E-state index < -0.39 is 0 Å². The lowest BCUT2D eigenvalue weighted by atomic mass is 9.99. The zero-order valence-corrected chi connectivity index (χ0v) is 13.0. The Morgan fingerprint density at radius 3 is 2.45 bits per heavy atom. The topological polar surface area (TPSA) is 12.5 Å². The van der Waals surface area contributed by atoms with Gasteiger partial charge in [-0.2, -0.15) is 0 Å². The summed E-state index contributed by atoms with van der Waals surface area (Å²) in [7, 11) is 4.17. The number of rotatable bonds is 6. The minimum Gasteiger partial charge on any atom is -0.494 e. The van der Waals surface area contributed by atoms with E-state index in [-0.39, 0.29) is 0 Å². The molecule has 2 heteroatoms. The van der Waals surface area contributed by atoms with Crippen LogP contribution in [0.1, 0.15) is 31.7 Å². The van der Waals surface area contributed by atoms with E-state index in [4.69, 9.17) is 4.74 Å². The Hall–Kier alpha value is -1.54. The zero-order chi connectivity index (χ0) is 14.5. The fourth-order valence-corrected chi connectivity index (χ4v) is 2.26. The second-order valence-electron chi connectivity index (χ2n) is 5.93. The molecule has 0 heterocycles. The van der Waals surface area contributed by atoms with Crippen molar-refractivity contribution in [3.8, 4) is 5.75 Å². The highest BCUT2D eigenvalue weighted by atomic mass is 16.5. The van der Waals surface area contributed by atoms with Crippen LogP contribution in [0.5, 0.6) is 5.75 Å². The van der Waals surface area contributed by atoms with Crippen molar-refractivity contribution in [2.24, 2.45) is 0 Å². The maximum Gasteiger partial charge on any atom is 0.119 e. The van der Waals surface area contributed by atoms with Gasteiger partial charge in [0.2, 0.25) is 0 Å². The molecule has 2 rings (SSSR count). The third-order valence-electron chi connectivity index (χ3n) is 3.52. The van der Waals surface area contributed by atoms with Crippen molar-refractivity contribution in [3.05, 3.63) is 42.0 Å². The highest BCUT2D eigenvalue weighted by molar-refractivity contribution is 5.84. The summed E-state index contributed by atoms with van der Waals surface area (Å²) in [5.41, 5.74) is 1.38. The van der Waals surface area contributed by atoms with Gasteiger partial charge in [0.1, 0.15) is 5.75 Å². The normalized spacial score (nSPS) is 11.5. The molecule has 0 radical (unpaired) electrons. The first-order valence-corrected chi connectivity index (χ1v) is 7.37. The first kappa shape index (κ1) is 14.9. The van der Waals surface area contributed by atoms with Gasteiger partial charge in [-0.15, -0.1) is 0 Å². The van der Waals surface area contributed by atoms with Gasteiger partial charge in [-0.1, -0.05) is 38.1 Å². The molecule has 2 aromatic carbocycles. The van der Waals surface area contributed by atoms with Gasteiger partial charge in [0, 0.05) is 6.54 Å². The van der Waals surface area contributed by atoms with Gasteiger partial charge >= 0.3 is 0 Å². The molecular formula is C18H25NO. The van der Waals surface area contributed by atoms with Gasteiger partial charge in [-0.25, -0.2) is 0 Å². The molecule has 0 amide bonds. The van der Waals surface area contributed by atoms with Crippen molar-refractivity contribution in [2.45, 2.75) is 26.2 Å². The molecule has 0 bridgehead atoms. The van der Waals surface area contributed by atoms with E-state index in [1.54, 1.807) is 0 Å². The van der Waals surface area contributed by atoms with Gasteiger partial charge in [-0.05, 0) is 54.9 Å². The molecular weight excluding hydrogens is 246 g/mol. The van der Waals surface area contributed by atoms with Crippen LogP contribution in [0.4, 0.5) is 0 Å². The third kappa shape index (κ3) is 3.97. The van der Waals surface area contributed by atoms with Crippen LogP contribution in [0.3, 0.4) is 0 Å². The maximum atomic E-state index is 5.84. The molecule has 0 aromatic heterocycles. The first-order valence-electron chi connectivity index (χ1n) is 7.37. The van der Waals surface area contributed by atoms with E-state index in [1.807, 2.05) is 0 Å². The highest BCUT2D eigenvalue weighted by Crippen LogP contribution is 2.25. The van der Waals surface area contributed by atoms with E-state index in [0.717, 1.165) is 25.3 Å². The summed E-state index contributed by atoms with van der Waals surface area (Å²) < 4.78 is 5.84. The second-order valence-corrected chi connectivity index (χ2v) is 5.93. The molecule has 0 spiro atoms. The Morgan fingerprint density at radius 2 is 1.75 bits per heavy atom. The molecule has 20 heavy (non-hydrogen) atoms. The summed E-state index contributed by atoms with van der Waals surface area (Å²) in [6.07, 6.45) is 1.05. The van der Waals surface area contributed by atoms with Gasteiger partial charge in [-0.3, -0.25) is 0 Å². The monoisotopic (exact) mass is 271 g/mol. The molecule has 0 aliphatic heterocycles. The third-order valence-corrected chi connectivity index (χ3v) is 3.52. The standard InChI is InChI=1S/C18H25NO/c1-14(2)16-7-6-15-8-9-18(13-17(15)12-16)20-11-5-10-19(3)4/h6-9,12-14H,5,10-11H2,1-4H3. The number of fused-ring (bicyclic) bond motifs is 1. The summed E-state index contributed by atoms with van der Waals surface area (Å²) in [6, 6.07) is 13.0. The predicted octanol–water partition coefficient (Wildman–Crippen LogP) is 4.29. The van der Waals surface area contributed by atoms with E-state index in [0.29, 0.717) is 5.92 Å². The molecule has 2 aromatic rings. The number of hydrogen-bond acceptors (Lipinski definition) is 2. The summed E-state index contributed by atoms with van der Waals surface area (Å²) in [4.78, 5) is 2.18. The van der Waals surface area contributed by atoms with Crippen molar-refractivity contribution >= 4 is 10.8 Å². The van der Waals surface area contributed by atoms with Gasteiger partial charge in [0.05, 0.1) is 6.61 Å². The molecule has 0 unspecified atom stereocenters. The molecule has 0 fully saturated rings. The van der Waals surface area contributed by atoms with Crippen molar-refractivity contribution in [1.82, 2.24) is 4.90 Å². The SMILES string of the molecule is CC(C)c1ccc2ccc(OCCCN(C)C)cc2c1. The lowest BCUT2D eigenvalue weighted by Crippen LogP contribution is -2.15. The van der Waals surface area contributed by atoms with E-state index in [1.165, 1.54) is 16.3 Å². The average Bonchev–Trinajstić information content (AvgIpc) is 2.42. The fraction of sp³-hybridized carbons (Fsp3) is 0.444. The van der Waals surface area contributed by atoms with Crippen molar-refractivity contribution in [1.29, 1.82) is 0 Å². The molecule has 0 aliphatic carbocycles. The largest absolute Gasteiger partial charge is 0.494 e. The van der Waals surface area contributed by atoms with Gasteiger partial charge < -0.3 is 9.64 Å². The Labute approximate surface area is 122 Å². The van der Waals surface area contributed by atoms with Crippen LogP contribution in [0.25, 0.3) is 10.8 Å². The van der Waals surface area contributed by atoms with Crippen LogP contribution in [0, 0.1) is 0 Å². The second kappa shape index (κ2) is 6.76. The predicted molar refractivity (Wildman–Crippen MR) is 86.7 cm³/mol. The summed E-state index contributed by atoms with van der Waals surface area (Å²) in [5.74, 6) is 1.53. The molecule has 0 saturated heterocycles. The van der Waals surface area contributed by atoms with E-state index >= 15 is 0 Å². The van der Waals surface area contributed by atoms with Crippen LogP contribution in [-0.2, 0) is 0 Å². The van der Waals surface area contributed by atoms with Crippen molar-refractivity contribution in [2.75, 3.05) is 27.2 Å². The lowest BCUT2D eigenvalue weighted by molar-refractivity contribution is 0.282. The van der Waals surface area contributed by atoms with Crippen LogP contribution in [-0.4, -0.2) is 32.1 Å². The summed E-state index contributed by atoms with van der Waals surface area (Å²) in [6.45, 7) is 6.28. The fourth-order valence-electron chi connectivity index (χ4n) is 2.26. The Bertz CT molecular complexity index is 560. The Kier molecular flexibility index (Phi) is 5.02. The molecule has 0 saturated carbocycles. The Morgan fingerprint density at radius 1 is 1.00 bits per heavy atom. The Balaban J connectivity index is 2.07. The van der Waals surface area contributed by atoms with Crippen LogP contribution >= 0.6 is 0 Å². The minimum atomic E-state index is 0.559. The number of benzene rings is 2. The molecule has 2 nitrogen and oxygen atoms in total. The number of nitrogens with zero attached hydrogens (tertiary/aromatic N) is 1. The number of hydrogen-bond donors (Lipinski definition) is 0. The molecule has 0 atom stereocenters. The van der Waals surface area contributed by atoms with Crippen LogP contribution in [0.15, 0.2) is 36.4 Å². The van der Waals surface area contributed by atoms with E-state index in [2.05, 4.69) is 69.2 Å². The maximum absolute atomic E-state index is 5.84. The quantitative estimate of drug-likeness (QED) is 0.727. The van der Waals surface area contributed by atoms with Crippen LogP contribution in [0.2, 0.25) is 0 Å². The summed E-state index contributed by atoms with van der Waals surface area (Å²) in [5, 5.41) is 2.54. The van der Waals surface area contributed by atoms with E-state index in [9.17, 15) is 0 Å². The smallest absolute Gasteiger partial charge is 0.119 e. The van der Waals surface area contributed by atoms with Gasteiger partial charge in [0.25, 0.3) is 0 Å². The first-order chi connectivity index (χ1) is 9.56. The highest BCUT2D eigenvalue weighted by Gasteiger charge is 2.02. The van der Waals surface area contributed by atoms with Crippen molar-refractivity contribution in [3.63, 3.8) is 0 Å². The summed E-state index contributed by atoms with van der Waals surface area (Å²) >= 11 is 0. The zero-order valence-electron chi connectivity index (χ0n) is 13.0. The number of ether oxygens (including phenoxy) is 1. The lowest BCUT2D eigenvalue weighted by Gasteiger charge is -2.11. The molecule has 0 aliphatic rings. The van der Waals surface area contributed by atoms with Gasteiger partial charge in [0.15, 0.2) is 0 Å².